The lowest BCUT2D eigenvalue weighted by Crippen LogP contribution is -2.50. The summed E-state index contributed by atoms with van der Waals surface area (Å²) in [7, 11) is 0. The van der Waals surface area contributed by atoms with Gasteiger partial charge in [0.25, 0.3) is 11.8 Å². The summed E-state index contributed by atoms with van der Waals surface area (Å²) in [6, 6.07) is 15.2. The van der Waals surface area contributed by atoms with Crippen LogP contribution in [-0.2, 0) is 0 Å². The molecule has 26 heavy (non-hydrogen) atoms. The summed E-state index contributed by atoms with van der Waals surface area (Å²) in [6.45, 7) is 3.96. The summed E-state index contributed by atoms with van der Waals surface area (Å²) in [6.07, 6.45) is 0. The third-order valence-corrected chi connectivity index (χ3v) is 4.51. The molecule has 0 aromatic heterocycles. The molecule has 0 atom stereocenters. The molecule has 1 heterocycles. The van der Waals surface area contributed by atoms with Crippen LogP contribution in [0.25, 0.3) is 0 Å². The van der Waals surface area contributed by atoms with E-state index in [1.807, 2.05) is 35.2 Å². The first-order chi connectivity index (χ1) is 12.6. The van der Waals surface area contributed by atoms with Gasteiger partial charge in [0.1, 0.15) is 5.82 Å². The smallest absolute Gasteiger partial charge is 0.254 e. The lowest BCUT2D eigenvalue weighted by molar-refractivity contribution is 0.0638. The zero-order chi connectivity index (χ0) is 18.4. The minimum absolute atomic E-state index is 0.0538. The Morgan fingerprint density at radius 3 is 2.27 bits per heavy atom. The van der Waals surface area contributed by atoms with Gasteiger partial charge >= 0.3 is 0 Å². The maximum atomic E-state index is 13.6. The van der Waals surface area contributed by atoms with Gasteiger partial charge in [-0.05, 0) is 24.3 Å². The minimum atomic E-state index is -0.516. The van der Waals surface area contributed by atoms with Crippen molar-refractivity contribution in [3.63, 3.8) is 0 Å². The van der Waals surface area contributed by atoms with Gasteiger partial charge in [-0.1, -0.05) is 30.3 Å². The van der Waals surface area contributed by atoms with Gasteiger partial charge in [0.05, 0.1) is 5.56 Å². The highest BCUT2D eigenvalue weighted by Crippen LogP contribution is 2.09. The monoisotopic (exact) mass is 355 g/mol. The first-order valence-electron chi connectivity index (χ1n) is 8.74. The molecule has 0 unspecified atom stereocenters. The van der Waals surface area contributed by atoms with Crippen LogP contribution in [0.15, 0.2) is 54.6 Å². The third kappa shape index (κ3) is 4.46. The number of carbonyl (C=O) groups is 2. The Morgan fingerprint density at radius 1 is 0.923 bits per heavy atom. The predicted octanol–water partition coefficient (Wildman–Crippen LogP) is 2.01. The summed E-state index contributed by atoms with van der Waals surface area (Å²) in [4.78, 5) is 28.4. The molecule has 5 nitrogen and oxygen atoms in total. The van der Waals surface area contributed by atoms with Gasteiger partial charge in [-0.3, -0.25) is 14.5 Å². The fraction of sp³-hybridized carbons (Fsp3) is 0.300. The highest BCUT2D eigenvalue weighted by atomic mass is 19.1. The minimum Gasteiger partial charge on any atom is -0.351 e. The second-order valence-electron chi connectivity index (χ2n) is 6.24. The molecule has 1 aliphatic rings. The largest absolute Gasteiger partial charge is 0.351 e. The number of nitrogens with zero attached hydrogens (tertiary/aromatic N) is 2. The quantitative estimate of drug-likeness (QED) is 0.893. The van der Waals surface area contributed by atoms with Gasteiger partial charge in [0.2, 0.25) is 0 Å². The highest BCUT2D eigenvalue weighted by Gasteiger charge is 2.21. The predicted molar refractivity (Wildman–Crippen MR) is 97.5 cm³/mol. The second kappa shape index (κ2) is 8.58. The third-order valence-electron chi connectivity index (χ3n) is 4.51. The van der Waals surface area contributed by atoms with Crippen molar-refractivity contribution in [2.24, 2.45) is 0 Å². The van der Waals surface area contributed by atoms with E-state index in [9.17, 15) is 14.0 Å². The van der Waals surface area contributed by atoms with E-state index in [0.29, 0.717) is 31.7 Å². The fourth-order valence-corrected chi connectivity index (χ4v) is 3.01. The molecule has 1 saturated heterocycles. The van der Waals surface area contributed by atoms with Crippen molar-refractivity contribution in [2.75, 3.05) is 39.3 Å². The Labute approximate surface area is 152 Å². The van der Waals surface area contributed by atoms with Crippen molar-refractivity contribution in [3.05, 3.63) is 71.5 Å². The Balaban J connectivity index is 1.41. The number of carbonyl (C=O) groups excluding carboxylic acids is 2. The molecule has 3 rings (SSSR count). The molecule has 0 bridgehead atoms. The van der Waals surface area contributed by atoms with Crippen LogP contribution in [0.5, 0.6) is 0 Å². The van der Waals surface area contributed by atoms with Gasteiger partial charge < -0.3 is 10.2 Å². The number of nitrogens with one attached hydrogen (secondary N) is 1. The number of piperazine rings is 1. The molecular weight excluding hydrogens is 333 g/mol. The molecule has 0 spiro atoms. The summed E-state index contributed by atoms with van der Waals surface area (Å²) in [5.41, 5.74) is 0.767. The number of benzene rings is 2. The molecule has 0 saturated carbocycles. The van der Waals surface area contributed by atoms with Crippen LogP contribution in [0.2, 0.25) is 0 Å². The van der Waals surface area contributed by atoms with E-state index in [2.05, 4.69) is 10.2 Å². The van der Waals surface area contributed by atoms with Crippen LogP contribution in [0.3, 0.4) is 0 Å². The SMILES string of the molecule is O=C(NCCN1CCN(C(=O)c2ccccc2)CC1)c1ccccc1F. The summed E-state index contributed by atoms with van der Waals surface area (Å²) >= 11 is 0. The van der Waals surface area contributed by atoms with E-state index in [1.165, 1.54) is 12.1 Å². The summed E-state index contributed by atoms with van der Waals surface area (Å²) in [5, 5.41) is 2.75. The Morgan fingerprint density at radius 2 is 1.58 bits per heavy atom. The van der Waals surface area contributed by atoms with Crippen molar-refractivity contribution >= 4 is 11.8 Å². The molecule has 2 aromatic rings. The van der Waals surface area contributed by atoms with Crippen LogP contribution in [0.1, 0.15) is 20.7 Å². The van der Waals surface area contributed by atoms with Crippen molar-refractivity contribution < 1.29 is 14.0 Å². The fourth-order valence-electron chi connectivity index (χ4n) is 3.01. The summed E-state index contributed by atoms with van der Waals surface area (Å²) < 4.78 is 13.6. The maximum absolute atomic E-state index is 13.6. The number of hydrogen-bond donors (Lipinski definition) is 1. The van der Waals surface area contributed by atoms with Gasteiger partial charge in [-0.2, -0.15) is 0 Å². The van der Waals surface area contributed by atoms with E-state index < -0.39 is 11.7 Å². The number of hydrogen-bond acceptors (Lipinski definition) is 3. The molecule has 1 N–H and O–H groups in total. The zero-order valence-corrected chi connectivity index (χ0v) is 14.5. The van der Waals surface area contributed by atoms with E-state index in [1.54, 1.807) is 12.1 Å². The molecule has 1 aliphatic heterocycles. The standard InChI is InChI=1S/C20H22FN3O2/c21-18-9-5-4-8-17(18)19(25)22-10-11-23-12-14-24(15-13-23)20(26)16-6-2-1-3-7-16/h1-9H,10-15H2,(H,22,25). The van der Waals surface area contributed by atoms with E-state index in [4.69, 9.17) is 0 Å². The highest BCUT2D eigenvalue weighted by molar-refractivity contribution is 5.94. The van der Waals surface area contributed by atoms with Crippen molar-refractivity contribution in [1.29, 1.82) is 0 Å². The van der Waals surface area contributed by atoms with Crippen LogP contribution < -0.4 is 5.32 Å². The average molecular weight is 355 g/mol. The lowest BCUT2D eigenvalue weighted by atomic mass is 10.2. The van der Waals surface area contributed by atoms with Crippen LogP contribution in [-0.4, -0.2) is 60.9 Å². The maximum Gasteiger partial charge on any atom is 0.254 e. The number of halogens is 1. The molecule has 6 heteroatoms. The molecule has 136 valence electrons. The van der Waals surface area contributed by atoms with Crippen LogP contribution in [0.4, 0.5) is 4.39 Å². The van der Waals surface area contributed by atoms with E-state index in [-0.39, 0.29) is 11.5 Å². The lowest BCUT2D eigenvalue weighted by Gasteiger charge is -2.34. The normalized spacial score (nSPS) is 14.9. The zero-order valence-electron chi connectivity index (χ0n) is 14.5. The first kappa shape index (κ1) is 18.1. The van der Waals surface area contributed by atoms with E-state index >= 15 is 0 Å². The summed E-state index contributed by atoms with van der Waals surface area (Å²) in [5.74, 6) is -0.864. The molecule has 2 amide bonds. The Bertz CT molecular complexity index is 759. The van der Waals surface area contributed by atoms with Gasteiger partial charge in [0.15, 0.2) is 0 Å². The van der Waals surface area contributed by atoms with Gasteiger partial charge in [-0.25, -0.2) is 4.39 Å². The topological polar surface area (TPSA) is 52.7 Å². The van der Waals surface area contributed by atoms with Crippen molar-refractivity contribution in [2.45, 2.75) is 0 Å². The van der Waals surface area contributed by atoms with Crippen molar-refractivity contribution in [3.8, 4) is 0 Å². The van der Waals surface area contributed by atoms with E-state index in [0.717, 1.165) is 13.1 Å². The Kier molecular flexibility index (Phi) is 5.96. The molecule has 0 aliphatic carbocycles. The average Bonchev–Trinajstić information content (AvgIpc) is 2.69. The molecule has 2 aromatic carbocycles. The molecule has 1 fully saturated rings. The first-order valence-corrected chi connectivity index (χ1v) is 8.74. The molecule has 0 radical (unpaired) electrons. The number of amides is 2. The second-order valence-corrected chi connectivity index (χ2v) is 6.24. The molecular formula is C20H22FN3O2. The van der Waals surface area contributed by atoms with Crippen molar-refractivity contribution in [1.82, 2.24) is 15.1 Å². The number of rotatable bonds is 5. The van der Waals surface area contributed by atoms with Crippen LogP contribution >= 0.6 is 0 Å². The van der Waals surface area contributed by atoms with Crippen LogP contribution in [0, 0.1) is 5.82 Å². The van der Waals surface area contributed by atoms with Gasteiger partial charge in [0, 0.05) is 44.8 Å². The van der Waals surface area contributed by atoms with Gasteiger partial charge in [-0.15, -0.1) is 0 Å². The Hall–Kier alpha value is -2.73.